The van der Waals surface area contributed by atoms with Gasteiger partial charge in [0.05, 0.1) is 29.8 Å². The number of pyridine rings is 1. The van der Waals surface area contributed by atoms with Gasteiger partial charge in [-0.3, -0.25) is 9.48 Å². The van der Waals surface area contributed by atoms with Crippen molar-refractivity contribution in [2.45, 2.75) is 37.8 Å². The second-order valence-corrected chi connectivity index (χ2v) is 8.80. The lowest BCUT2D eigenvalue weighted by atomic mass is 9.81. The van der Waals surface area contributed by atoms with Crippen LogP contribution in [0.25, 0.3) is 16.9 Å². The summed E-state index contributed by atoms with van der Waals surface area (Å²) in [6.45, 7) is 0. The molecule has 5 heterocycles. The number of benzene rings is 1. The quantitative estimate of drug-likeness (QED) is 0.418. The number of nitrogens with zero attached hydrogens (tertiary/aromatic N) is 7. The van der Waals surface area contributed by atoms with Gasteiger partial charge in [0.15, 0.2) is 23.1 Å². The molecule has 2 aliphatic heterocycles. The fourth-order valence-corrected chi connectivity index (χ4v) is 5.39. The molecule has 0 N–H and O–H groups in total. The molecule has 0 spiro atoms. The minimum absolute atomic E-state index is 0.146. The van der Waals surface area contributed by atoms with Crippen LogP contribution < -0.4 is 0 Å². The normalized spacial score (nSPS) is 19.0. The number of hydrogen-bond acceptors (Lipinski definition) is 5. The smallest absolute Gasteiger partial charge is 0.275 e. The van der Waals surface area contributed by atoms with E-state index < -0.39 is 17.5 Å². The van der Waals surface area contributed by atoms with E-state index in [9.17, 15) is 18.0 Å². The van der Waals surface area contributed by atoms with Gasteiger partial charge in [0.25, 0.3) is 5.91 Å². The Bertz CT molecular complexity index is 1430. The van der Waals surface area contributed by atoms with Crippen molar-refractivity contribution in [2.24, 2.45) is 7.05 Å². The zero-order valence-corrected chi connectivity index (χ0v) is 18.7. The summed E-state index contributed by atoms with van der Waals surface area (Å²) in [5.41, 5.74) is 2.97. The van der Waals surface area contributed by atoms with Gasteiger partial charge in [-0.15, -0.1) is 4.80 Å². The lowest BCUT2D eigenvalue weighted by molar-refractivity contribution is 0.0385. The number of carbonyl (C=O) groups excluding carboxylic acids is 1. The third kappa shape index (κ3) is 3.33. The molecule has 1 aromatic carbocycles. The zero-order chi connectivity index (χ0) is 24.3. The Kier molecular flexibility index (Phi) is 4.94. The molecule has 8 nitrogen and oxygen atoms in total. The number of rotatable bonds is 3. The van der Waals surface area contributed by atoms with E-state index in [-0.39, 0.29) is 29.2 Å². The highest BCUT2D eigenvalue weighted by Crippen LogP contribution is 2.45. The molecule has 11 heteroatoms. The fraction of sp³-hybridized carbons (Fsp3) is 0.292. The summed E-state index contributed by atoms with van der Waals surface area (Å²) < 4.78 is 43.2. The maximum absolute atomic E-state index is 14.0. The Hall–Kier alpha value is -4.02. The Morgan fingerprint density at radius 2 is 1.80 bits per heavy atom. The van der Waals surface area contributed by atoms with E-state index >= 15 is 0 Å². The van der Waals surface area contributed by atoms with Crippen LogP contribution in [-0.4, -0.2) is 46.6 Å². The van der Waals surface area contributed by atoms with Gasteiger partial charge in [-0.2, -0.15) is 15.3 Å². The highest BCUT2D eigenvalue weighted by molar-refractivity contribution is 5.96. The first-order valence-corrected chi connectivity index (χ1v) is 11.3. The second kappa shape index (κ2) is 8.03. The Morgan fingerprint density at radius 1 is 1.06 bits per heavy atom. The maximum atomic E-state index is 14.0. The molecule has 1 fully saturated rings. The number of carbonyl (C=O) groups is 1. The van der Waals surface area contributed by atoms with Crippen molar-refractivity contribution in [2.75, 3.05) is 0 Å². The molecule has 2 atom stereocenters. The minimum Gasteiger partial charge on any atom is -0.325 e. The van der Waals surface area contributed by atoms with Crippen molar-refractivity contribution in [3.8, 4) is 16.9 Å². The first-order chi connectivity index (χ1) is 16.9. The molecule has 1 saturated heterocycles. The van der Waals surface area contributed by atoms with Crippen molar-refractivity contribution < 1.29 is 18.0 Å². The van der Waals surface area contributed by atoms with Crippen molar-refractivity contribution in [3.63, 3.8) is 0 Å². The number of piperidine rings is 1. The van der Waals surface area contributed by atoms with Gasteiger partial charge in [0.1, 0.15) is 5.69 Å². The first-order valence-electron chi connectivity index (χ1n) is 11.3. The molecular formula is C24H20F3N7O. The van der Waals surface area contributed by atoms with Gasteiger partial charge >= 0.3 is 0 Å². The summed E-state index contributed by atoms with van der Waals surface area (Å²) in [4.78, 5) is 21.4. The predicted octanol–water partition coefficient (Wildman–Crippen LogP) is 3.77. The Morgan fingerprint density at radius 3 is 2.54 bits per heavy atom. The third-order valence-electron chi connectivity index (χ3n) is 6.79. The predicted molar refractivity (Wildman–Crippen MR) is 118 cm³/mol. The van der Waals surface area contributed by atoms with Crippen molar-refractivity contribution in [3.05, 3.63) is 77.3 Å². The summed E-state index contributed by atoms with van der Waals surface area (Å²) in [6, 6.07) is 4.96. The lowest BCUT2D eigenvalue weighted by Crippen LogP contribution is -2.50. The largest absolute Gasteiger partial charge is 0.325 e. The molecule has 2 bridgehead atoms. The lowest BCUT2D eigenvalue weighted by Gasteiger charge is -2.45. The average molecular weight is 479 g/mol. The van der Waals surface area contributed by atoms with Crippen molar-refractivity contribution in [1.29, 1.82) is 0 Å². The van der Waals surface area contributed by atoms with Crippen LogP contribution in [-0.2, 0) is 13.5 Å². The van der Waals surface area contributed by atoms with Crippen LogP contribution in [0.1, 0.15) is 47.1 Å². The highest BCUT2D eigenvalue weighted by atomic mass is 19.2. The van der Waals surface area contributed by atoms with Crippen LogP contribution in [0, 0.1) is 17.5 Å². The summed E-state index contributed by atoms with van der Waals surface area (Å²) in [6.07, 6.45) is 7.45. The van der Waals surface area contributed by atoms with Crippen LogP contribution in [0.3, 0.4) is 0 Å². The average Bonchev–Trinajstić information content (AvgIpc) is 3.49. The topological polar surface area (TPSA) is 81.7 Å². The Balaban J connectivity index is 1.44. The standard InChI is InChI=1S/C24H20F3N7O/c1-32-23(13-10-16(25)20(27)17(26)11-13)15-12-14-4-2-5-18(21(15)31-32)33(14)24(35)22-19(6-3-7-28-22)34-29-8-9-30-34/h3,6-11,14,18H,2,4-5,12H2,1H3. The third-order valence-corrected chi connectivity index (χ3v) is 6.79. The molecule has 0 radical (unpaired) electrons. The van der Waals surface area contributed by atoms with Crippen LogP contribution in [0.2, 0.25) is 0 Å². The number of hydrogen-bond donors (Lipinski definition) is 0. The molecule has 2 aliphatic rings. The van der Waals surface area contributed by atoms with Gasteiger partial charge in [-0.25, -0.2) is 18.2 Å². The van der Waals surface area contributed by atoms with Gasteiger partial charge < -0.3 is 4.90 Å². The van der Waals surface area contributed by atoms with Crippen LogP contribution in [0.5, 0.6) is 0 Å². The van der Waals surface area contributed by atoms with E-state index in [1.165, 1.54) is 17.2 Å². The van der Waals surface area contributed by atoms with E-state index in [2.05, 4.69) is 20.3 Å². The summed E-state index contributed by atoms with van der Waals surface area (Å²) in [5.74, 6) is -4.25. The molecule has 3 aromatic heterocycles. The van der Waals surface area contributed by atoms with E-state index in [4.69, 9.17) is 0 Å². The molecule has 178 valence electrons. The zero-order valence-electron chi connectivity index (χ0n) is 18.7. The summed E-state index contributed by atoms with van der Waals surface area (Å²) >= 11 is 0. The van der Waals surface area contributed by atoms with Gasteiger partial charge in [0.2, 0.25) is 0 Å². The monoisotopic (exact) mass is 479 g/mol. The van der Waals surface area contributed by atoms with Gasteiger partial charge in [0, 0.05) is 30.4 Å². The molecule has 2 unspecified atom stereocenters. The van der Waals surface area contributed by atoms with Crippen LogP contribution >= 0.6 is 0 Å². The molecule has 6 rings (SSSR count). The highest BCUT2D eigenvalue weighted by Gasteiger charge is 2.44. The minimum atomic E-state index is -1.50. The molecular weight excluding hydrogens is 459 g/mol. The second-order valence-electron chi connectivity index (χ2n) is 8.80. The Labute approximate surface area is 198 Å². The first kappa shape index (κ1) is 21.5. The van der Waals surface area contributed by atoms with Crippen LogP contribution in [0.15, 0.2) is 42.9 Å². The van der Waals surface area contributed by atoms with Crippen molar-refractivity contribution in [1.82, 2.24) is 34.7 Å². The number of aryl methyl sites for hydroxylation is 1. The molecule has 35 heavy (non-hydrogen) atoms. The van der Waals surface area contributed by atoms with E-state index in [1.807, 2.05) is 4.90 Å². The summed E-state index contributed by atoms with van der Waals surface area (Å²) in [5, 5.41) is 12.9. The molecule has 1 amide bonds. The van der Waals surface area contributed by atoms with Gasteiger partial charge in [-0.05, 0) is 49.9 Å². The fourth-order valence-electron chi connectivity index (χ4n) is 5.39. The molecule has 4 aromatic rings. The van der Waals surface area contributed by atoms with E-state index in [0.717, 1.165) is 30.5 Å². The molecule has 0 aliphatic carbocycles. The number of halogens is 3. The number of fused-ring (bicyclic) bond motifs is 4. The van der Waals surface area contributed by atoms with E-state index in [0.29, 0.717) is 29.9 Å². The van der Waals surface area contributed by atoms with Gasteiger partial charge in [-0.1, -0.05) is 0 Å². The SMILES string of the molecule is Cn1nc2c(c1-c1cc(F)c(F)c(F)c1)CC1CCCC2N1C(=O)c1ncccc1-n1nccn1. The number of aromatic nitrogens is 6. The summed E-state index contributed by atoms with van der Waals surface area (Å²) in [7, 11) is 1.68. The van der Waals surface area contributed by atoms with E-state index in [1.54, 1.807) is 30.1 Å². The van der Waals surface area contributed by atoms with Crippen molar-refractivity contribution >= 4 is 5.91 Å². The number of amides is 1. The maximum Gasteiger partial charge on any atom is 0.275 e. The molecule has 0 saturated carbocycles. The van der Waals surface area contributed by atoms with Crippen LogP contribution in [0.4, 0.5) is 13.2 Å².